The first-order valence-electron chi connectivity index (χ1n) is 8.58. The van der Waals surface area contributed by atoms with Crippen LogP contribution in [-0.2, 0) is 15.3 Å². The molecule has 1 amide bonds. The Bertz CT molecular complexity index is 840. The molecule has 1 heterocycles. The molecule has 1 aliphatic rings. The van der Waals surface area contributed by atoms with Gasteiger partial charge in [-0.3, -0.25) is 9.79 Å². The number of esters is 1. The number of thioether (sulfide) groups is 2. The summed E-state index contributed by atoms with van der Waals surface area (Å²) >= 11 is 3.36. The number of nitrogens with one attached hydrogen (secondary N) is 1. The van der Waals surface area contributed by atoms with E-state index in [1.807, 2.05) is 30.3 Å². The quantitative estimate of drug-likeness (QED) is 0.736. The largest absolute Gasteiger partial charge is 0.449 e. The standard InChI is InChI=1S/C20H20N2O3S2/c1-14(18(23)22-16-8-3-2-4-9-16)25-19(24)17-10-6-5-7-15(17)13-27-20-21-11-12-26-20/h2-10,14H,11-13H2,1H3,(H,22,23)/t14-/m0/s1. The minimum absolute atomic E-state index is 0.363. The Morgan fingerprint density at radius 2 is 1.93 bits per heavy atom. The van der Waals surface area contributed by atoms with Crippen LogP contribution in [0.25, 0.3) is 0 Å². The number of benzene rings is 2. The highest BCUT2D eigenvalue weighted by molar-refractivity contribution is 8.38. The monoisotopic (exact) mass is 400 g/mol. The number of hydrogen-bond acceptors (Lipinski definition) is 6. The summed E-state index contributed by atoms with van der Waals surface area (Å²) in [6.07, 6.45) is -0.895. The third-order valence-electron chi connectivity index (χ3n) is 3.84. The number of rotatable bonds is 6. The van der Waals surface area contributed by atoms with Crippen molar-refractivity contribution in [3.8, 4) is 0 Å². The topological polar surface area (TPSA) is 67.8 Å². The number of hydrogen-bond donors (Lipinski definition) is 1. The first-order chi connectivity index (χ1) is 13.1. The maximum atomic E-state index is 12.6. The van der Waals surface area contributed by atoms with Crippen molar-refractivity contribution in [1.29, 1.82) is 0 Å². The van der Waals surface area contributed by atoms with Gasteiger partial charge < -0.3 is 10.1 Å². The number of carbonyl (C=O) groups is 2. The number of anilines is 1. The minimum Gasteiger partial charge on any atom is -0.449 e. The highest BCUT2D eigenvalue weighted by Gasteiger charge is 2.21. The molecule has 0 saturated heterocycles. The van der Waals surface area contributed by atoms with Gasteiger partial charge in [-0.25, -0.2) is 4.79 Å². The summed E-state index contributed by atoms with van der Waals surface area (Å²) in [7, 11) is 0. The predicted molar refractivity (Wildman–Crippen MR) is 112 cm³/mol. The van der Waals surface area contributed by atoms with E-state index >= 15 is 0 Å². The van der Waals surface area contributed by atoms with Crippen LogP contribution in [0.15, 0.2) is 59.6 Å². The molecular weight excluding hydrogens is 380 g/mol. The SMILES string of the molecule is C[C@H](OC(=O)c1ccccc1CSC1=NCCS1)C(=O)Nc1ccccc1. The van der Waals surface area contributed by atoms with Crippen LogP contribution >= 0.6 is 23.5 Å². The third kappa shape index (κ3) is 5.61. The van der Waals surface area contributed by atoms with Gasteiger partial charge >= 0.3 is 5.97 Å². The van der Waals surface area contributed by atoms with Crippen LogP contribution in [0.2, 0.25) is 0 Å². The van der Waals surface area contributed by atoms with Crippen LogP contribution in [-0.4, -0.2) is 34.7 Å². The molecule has 0 fully saturated rings. The van der Waals surface area contributed by atoms with Crippen LogP contribution in [0.5, 0.6) is 0 Å². The zero-order valence-corrected chi connectivity index (χ0v) is 16.5. The van der Waals surface area contributed by atoms with Crippen LogP contribution in [0.1, 0.15) is 22.8 Å². The van der Waals surface area contributed by atoms with E-state index < -0.39 is 12.1 Å². The van der Waals surface area contributed by atoms with Gasteiger partial charge in [0, 0.05) is 17.2 Å². The molecule has 0 radical (unpaired) electrons. The van der Waals surface area contributed by atoms with Crippen molar-refractivity contribution < 1.29 is 14.3 Å². The smallest absolute Gasteiger partial charge is 0.339 e. The highest BCUT2D eigenvalue weighted by Crippen LogP contribution is 2.26. The summed E-state index contributed by atoms with van der Waals surface area (Å²) in [6.45, 7) is 2.42. The van der Waals surface area contributed by atoms with Gasteiger partial charge in [-0.2, -0.15) is 0 Å². The number of amides is 1. The molecule has 3 rings (SSSR count). The van der Waals surface area contributed by atoms with Gasteiger partial charge in [0.25, 0.3) is 5.91 Å². The van der Waals surface area contributed by atoms with E-state index in [0.29, 0.717) is 17.0 Å². The number of aliphatic imine (C=N–C) groups is 1. The van der Waals surface area contributed by atoms with Gasteiger partial charge in [0.05, 0.1) is 12.1 Å². The second kappa shape index (κ2) is 9.62. The summed E-state index contributed by atoms with van der Waals surface area (Å²) in [4.78, 5) is 29.2. The van der Waals surface area contributed by atoms with Gasteiger partial charge in [-0.1, -0.05) is 59.9 Å². The number of ether oxygens (including phenoxy) is 1. The lowest BCUT2D eigenvalue weighted by Gasteiger charge is -2.15. The predicted octanol–water partition coefficient (Wildman–Crippen LogP) is 4.21. The molecule has 7 heteroatoms. The summed E-state index contributed by atoms with van der Waals surface area (Å²) < 4.78 is 6.44. The highest BCUT2D eigenvalue weighted by atomic mass is 32.2. The van der Waals surface area contributed by atoms with Crippen molar-refractivity contribution in [2.45, 2.75) is 18.8 Å². The van der Waals surface area contributed by atoms with E-state index in [1.54, 1.807) is 54.7 Å². The molecule has 2 aromatic carbocycles. The maximum absolute atomic E-state index is 12.6. The lowest BCUT2D eigenvalue weighted by atomic mass is 10.1. The normalized spacial score (nSPS) is 14.3. The fourth-order valence-corrected chi connectivity index (χ4v) is 4.44. The Balaban J connectivity index is 1.60. The molecule has 27 heavy (non-hydrogen) atoms. The van der Waals surface area contributed by atoms with E-state index in [2.05, 4.69) is 10.3 Å². The summed E-state index contributed by atoms with van der Waals surface area (Å²) in [5.74, 6) is 0.794. The summed E-state index contributed by atoms with van der Waals surface area (Å²) in [6, 6.07) is 16.4. The number of nitrogens with zero attached hydrogens (tertiary/aromatic N) is 1. The molecule has 0 saturated carbocycles. The van der Waals surface area contributed by atoms with Gasteiger partial charge in [-0.05, 0) is 30.7 Å². The average Bonchev–Trinajstić information content (AvgIpc) is 3.21. The Morgan fingerprint density at radius 3 is 2.67 bits per heavy atom. The summed E-state index contributed by atoms with van der Waals surface area (Å²) in [5, 5.41) is 2.74. The van der Waals surface area contributed by atoms with Crippen molar-refractivity contribution in [2.75, 3.05) is 17.6 Å². The van der Waals surface area contributed by atoms with Crippen molar-refractivity contribution in [1.82, 2.24) is 0 Å². The second-order valence-corrected chi connectivity index (χ2v) is 8.15. The minimum atomic E-state index is -0.895. The first-order valence-corrected chi connectivity index (χ1v) is 10.6. The molecule has 1 atom stereocenters. The Morgan fingerprint density at radius 1 is 1.19 bits per heavy atom. The zero-order chi connectivity index (χ0) is 19.1. The Labute approximate surface area is 167 Å². The molecule has 0 aliphatic carbocycles. The van der Waals surface area contributed by atoms with Crippen LogP contribution < -0.4 is 5.32 Å². The Kier molecular flexibility index (Phi) is 6.95. The number of carbonyl (C=O) groups excluding carboxylic acids is 2. The number of para-hydroxylation sites is 1. The van der Waals surface area contributed by atoms with E-state index in [9.17, 15) is 9.59 Å². The third-order valence-corrected chi connectivity index (χ3v) is 6.14. The van der Waals surface area contributed by atoms with E-state index in [-0.39, 0.29) is 5.91 Å². The first kappa shape index (κ1) is 19.5. The molecule has 0 aromatic heterocycles. The molecule has 1 aliphatic heterocycles. The van der Waals surface area contributed by atoms with Gasteiger partial charge in [0.15, 0.2) is 6.10 Å². The van der Waals surface area contributed by atoms with Gasteiger partial charge in [-0.15, -0.1) is 0 Å². The van der Waals surface area contributed by atoms with Crippen molar-refractivity contribution in [3.63, 3.8) is 0 Å². The molecule has 1 N–H and O–H groups in total. The second-order valence-electron chi connectivity index (χ2n) is 5.84. The van der Waals surface area contributed by atoms with Gasteiger partial charge in [0.1, 0.15) is 4.38 Å². The molecule has 0 spiro atoms. The van der Waals surface area contributed by atoms with E-state index in [0.717, 1.165) is 22.2 Å². The fraction of sp³-hybridized carbons (Fsp3) is 0.250. The zero-order valence-electron chi connectivity index (χ0n) is 14.9. The average molecular weight is 401 g/mol. The van der Waals surface area contributed by atoms with E-state index in [1.165, 1.54) is 0 Å². The molecular formula is C20H20N2O3S2. The summed E-state index contributed by atoms with van der Waals surface area (Å²) in [5.41, 5.74) is 2.02. The van der Waals surface area contributed by atoms with Crippen LogP contribution in [0, 0.1) is 0 Å². The lowest BCUT2D eigenvalue weighted by molar-refractivity contribution is -0.123. The molecule has 140 valence electrons. The molecule has 2 aromatic rings. The molecule has 0 bridgehead atoms. The van der Waals surface area contributed by atoms with Crippen LogP contribution in [0.4, 0.5) is 5.69 Å². The molecule has 0 unspecified atom stereocenters. The molecule has 5 nitrogen and oxygen atoms in total. The lowest BCUT2D eigenvalue weighted by Crippen LogP contribution is -2.30. The van der Waals surface area contributed by atoms with Gasteiger partial charge in [0.2, 0.25) is 0 Å². The Hall–Kier alpha value is -2.25. The van der Waals surface area contributed by atoms with Crippen molar-refractivity contribution >= 4 is 45.5 Å². The van der Waals surface area contributed by atoms with Crippen LogP contribution in [0.3, 0.4) is 0 Å². The fourth-order valence-electron chi connectivity index (χ4n) is 2.43. The maximum Gasteiger partial charge on any atom is 0.339 e. The van der Waals surface area contributed by atoms with Crippen molar-refractivity contribution in [3.05, 3.63) is 65.7 Å². The van der Waals surface area contributed by atoms with Crippen molar-refractivity contribution in [2.24, 2.45) is 4.99 Å². The van der Waals surface area contributed by atoms with E-state index in [4.69, 9.17) is 4.74 Å².